The second-order valence-electron chi connectivity index (χ2n) is 6.97. The molecule has 0 aliphatic heterocycles. The summed E-state index contributed by atoms with van der Waals surface area (Å²) in [5.74, 6) is -10.0. The molecule has 252 valence electrons. The fourth-order valence-electron chi connectivity index (χ4n) is 0. The maximum Gasteiger partial charge on any atom is 4.00 e. The van der Waals surface area contributed by atoms with Crippen molar-refractivity contribution in [3.05, 3.63) is 0 Å². The van der Waals surface area contributed by atoms with Crippen LogP contribution in [-0.4, -0.2) is 138 Å². The van der Waals surface area contributed by atoms with E-state index >= 15 is 0 Å². The molecule has 0 rings (SSSR count). The molecule has 7 unspecified atom stereocenters. The van der Waals surface area contributed by atoms with E-state index in [1.165, 1.54) is 0 Å². The monoisotopic (exact) mass is 740 g/mol. The van der Waals surface area contributed by atoms with Crippen molar-refractivity contribution in [1.29, 1.82) is 0 Å². The van der Waals surface area contributed by atoms with Gasteiger partial charge in [-0.25, -0.2) is 0 Å². The van der Waals surface area contributed by atoms with Crippen molar-refractivity contribution in [2.75, 3.05) is 0 Å². The summed E-state index contributed by atoms with van der Waals surface area (Å²) in [5, 5.41) is 121. The van der Waals surface area contributed by atoms with Gasteiger partial charge in [0.1, 0.15) is 0 Å². The minimum Gasteiger partial charge on any atom is -0.547 e. The normalized spacial score (nSPS) is 13.0. The minimum atomic E-state index is -1.44. The van der Waals surface area contributed by atoms with Crippen molar-refractivity contribution >= 4 is 59.1 Å². The van der Waals surface area contributed by atoms with Crippen LogP contribution in [0.4, 0.5) is 0 Å². The van der Waals surface area contributed by atoms with Crippen LogP contribution in [0.25, 0.3) is 0 Å². The number of aliphatic hydroxyl groups excluding tert-OH is 7. The van der Waals surface area contributed by atoms with Crippen LogP contribution in [0, 0.1) is 0 Å². The first-order valence-electron chi connectivity index (χ1n) is 10.7. The number of aliphatic hydroxyl groups is 7. The van der Waals surface area contributed by atoms with Crippen LogP contribution in [0.3, 0.4) is 0 Å². The summed E-state index contributed by atoms with van der Waals surface area (Å²) in [6, 6.07) is 0. The zero-order chi connectivity index (χ0) is 36.1. The number of hydrogen-bond donors (Lipinski definition) is 7. The van der Waals surface area contributed by atoms with E-state index < -0.39 is 84.5 Å². The van der Waals surface area contributed by atoms with Crippen molar-refractivity contribution in [3.63, 3.8) is 0 Å². The van der Waals surface area contributed by atoms with Gasteiger partial charge in [0.2, 0.25) is 0 Å². The van der Waals surface area contributed by atoms with Gasteiger partial charge < -0.3 is 105 Å². The molecule has 7 atom stereocenters. The Morgan fingerprint density at radius 3 is 0.341 bits per heavy atom. The predicted molar refractivity (Wildman–Crippen MR) is 123 cm³/mol. The molecule has 0 spiro atoms. The second kappa shape index (κ2) is 40.4. The van der Waals surface area contributed by atoms with Gasteiger partial charge in [-0.05, 0) is 48.5 Å². The average molecular weight is 742 g/mol. The van der Waals surface area contributed by atoms with Crippen LogP contribution in [0.15, 0.2) is 0 Å². The molecule has 0 aliphatic carbocycles. The Morgan fingerprint density at radius 1 is 0.318 bits per heavy atom. The van der Waals surface area contributed by atoms with Gasteiger partial charge in [0.15, 0.2) is 0 Å². The number of carboxylic acid groups (broad SMARTS) is 7. The van der Waals surface area contributed by atoms with Crippen LogP contribution >= 0.6 is 0 Å². The first-order valence-corrected chi connectivity index (χ1v) is 10.7. The fraction of sp³-hybridized carbons (Fsp3) is 0.667. The third kappa shape index (κ3) is 90.0. The molecule has 21 nitrogen and oxygen atoms in total. The van der Waals surface area contributed by atoms with Gasteiger partial charge in [-0.2, -0.15) is 0 Å². The second-order valence-corrected chi connectivity index (χ2v) is 6.97. The molecule has 0 saturated heterocycles. The number of hydrogen-bond acceptors (Lipinski definition) is 21. The Hall–Kier alpha value is -2.57. The molecule has 44 heavy (non-hydrogen) atoms. The summed E-state index contributed by atoms with van der Waals surface area (Å²) in [7, 11) is 0. The van der Waals surface area contributed by atoms with Gasteiger partial charge in [0, 0.05) is 0 Å². The average Bonchev–Trinajstić information content (AvgIpc) is 2.80. The van der Waals surface area contributed by atoms with Gasteiger partial charge in [-0.15, -0.1) is 0 Å². The van der Waals surface area contributed by atoms with Gasteiger partial charge in [-0.1, -0.05) is 0 Å². The summed E-state index contributed by atoms with van der Waals surface area (Å²) < 4.78 is 0. The Balaban J connectivity index is -0.0000000461. The van der Waals surface area contributed by atoms with E-state index in [-0.39, 0.29) is 43.6 Å². The number of rotatable bonds is 7. The van der Waals surface area contributed by atoms with Crippen molar-refractivity contribution < 1.29 is 131 Å². The summed E-state index contributed by atoms with van der Waals surface area (Å²) in [6.45, 7) is 7.94. The molecule has 0 aromatic rings. The number of carbonyl (C=O) groups excluding carboxylic acids is 7. The molecule has 0 fully saturated rings. The molecule has 0 amide bonds. The Morgan fingerprint density at radius 2 is 0.341 bits per heavy atom. The predicted octanol–water partition coefficient (Wildman–Crippen LogP) is -13.6. The van der Waals surface area contributed by atoms with E-state index in [1.54, 1.807) is 0 Å². The third-order valence-electron chi connectivity index (χ3n) is 2.39. The van der Waals surface area contributed by atoms with E-state index in [1.807, 2.05) is 0 Å². The van der Waals surface area contributed by atoms with Crippen molar-refractivity contribution in [1.82, 2.24) is 0 Å². The van der Waals surface area contributed by atoms with Crippen LogP contribution in [0.1, 0.15) is 48.5 Å². The minimum absolute atomic E-state index is 0. The zero-order valence-electron chi connectivity index (χ0n) is 24.5. The maximum absolute atomic E-state index is 9.34. The number of carbonyl (C=O) groups is 7. The molecule has 0 bridgehead atoms. The molecule has 0 heterocycles. The molecule has 0 aliphatic rings. The maximum atomic E-state index is 9.34. The van der Waals surface area contributed by atoms with Crippen LogP contribution in [0.2, 0.25) is 0 Å². The molecular weight excluding hydrogens is 706 g/mol. The van der Waals surface area contributed by atoms with Crippen LogP contribution in [-0.2, 0) is 59.8 Å². The van der Waals surface area contributed by atoms with Crippen LogP contribution in [0.5, 0.6) is 0 Å². The zero-order valence-corrected chi connectivity index (χ0v) is 28.1. The Bertz CT molecular complexity index is 590. The molecule has 0 aromatic heterocycles. The first kappa shape index (κ1) is 64.4. The van der Waals surface area contributed by atoms with E-state index in [0.29, 0.717) is 0 Å². The molecule has 0 radical (unpaired) electrons. The summed E-state index contributed by atoms with van der Waals surface area (Å²) in [6.07, 6.45) is -9.40. The quantitative estimate of drug-likeness (QED) is 0.119. The van der Waals surface area contributed by atoms with Crippen LogP contribution < -0.4 is 35.7 Å². The van der Waals surface area contributed by atoms with Crippen molar-refractivity contribution in [2.24, 2.45) is 0 Å². The summed E-state index contributed by atoms with van der Waals surface area (Å²) in [5.41, 5.74) is 0. The SMILES string of the molecule is CC(O)C(=O)[O-].CC(O)C(=O)[O-].CC(O)C(=O)[O-].CC(O)C(=O)[O-].CC(O)C(=O)[O-].CC(O)C(=O)[O-].CC(O)C(=O)[O-].[Al+3].[Zr+4]. The van der Waals surface area contributed by atoms with E-state index in [4.69, 9.17) is 35.7 Å². The molecule has 0 saturated carbocycles. The van der Waals surface area contributed by atoms with E-state index in [0.717, 1.165) is 48.5 Å². The molecule has 0 aromatic carbocycles. The third-order valence-corrected chi connectivity index (χ3v) is 2.39. The van der Waals surface area contributed by atoms with Crippen molar-refractivity contribution in [2.45, 2.75) is 91.2 Å². The summed E-state index contributed by atoms with van der Waals surface area (Å²) >= 11 is 0. The van der Waals surface area contributed by atoms with Gasteiger partial charge >= 0.3 is 43.6 Å². The largest absolute Gasteiger partial charge is 4.00 e. The molecule has 7 N–H and O–H groups in total. The van der Waals surface area contributed by atoms with E-state index in [9.17, 15) is 69.3 Å². The fourth-order valence-corrected chi connectivity index (χ4v) is 0. The topological polar surface area (TPSA) is 423 Å². The Labute approximate surface area is 280 Å². The summed E-state index contributed by atoms with van der Waals surface area (Å²) in [4.78, 5) is 65.4. The smallest absolute Gasteiger partial charge is 0.547 e. The first-order chi connectivity index (χ1) is 18.5. The van der Waals surface area contributed by atoms with Gasteiger partial charge in [0.25, 0.3) is 0 Å². The number of aliphatic carboxylic acids is 7. The molecule has 23 heteroatoms. The Kier molecular flexibility index (Phi) is 59.2. The standard InChI is InChI=1S/7C3H6O3.Al.Zr/c7*1-2(4)3(5)6;;/h7*2,4H,1H3,(H,5,6);;/q;;;;;;;+3;+4/p-7. The van der Waals surface area contributed by atoms with Crippen molar-refractivity contribution in [3.8, 4) is 0 Å². The number of carboxylic acids is 7. The van der Waals surface area contributed by atoms with E-state index in [2.05, 4.69) is 0 Å². The van der Waals surface area contributed by atoms with Gasteiger partial charge in [0.05, 0.1) is 84.5 Å². The molecular formula is C21H35AlO21Zr. The van der Waals surface area contributed by atoms with Gasteiger partial charge in [-0.3, -0.25) is 0 Å².